The Labute approximate surface area is 111 Å². The fourth-order valence-electron chi connectivity index (χ4n) is 2.64. The lowest BCUT2D eigenvalue weighted by molar-refractivity contribution is 0.129. The summed E-state index contributed by atoms with van der Waals surface area (Å²) < 4.78 is 0. The summed E-state index contributed by atoms with van der Waals surface area (Å²) in [7, 11) is 0. The zero-order valence-electron chi connectivity index (χ0n) is 10.2. The highest BCUT2D eigenvalue weighted by Gasteiger charge is 2.31. The first-order valence-electron chi connectivity index (χ1n) is 6.42. The van der Waals surface area contributed by atoms with Crippen molar-refractivity contribution in [3.05, 3.63) is 11.1 Å². The zero-order chi connectivity index (χ0) is 12.5. The number of hydrogen-bond acceptors (Lipinski definition) is 4. The summed E-state index contributed by atoms with van der Waals surface area (Å²) in [6, 6.07) is 0. The number of rotatable bonds is 1. The lowest BCUT2D eigenvalue weighted by Gasteiger charge is -2.29. The summed E-state index contributed by atoms with van der Waals surface area (Å²) in [6.07, 6.45) is 4.44. The molecule has 1 saturated heterocycles. The van der Waals surface area contributed by atoms with Crippen molar-refractivity contribution in [2.75, 3.05) is 26.2 Å². The molecular weight excluding hydrogens is 250 g/mol. The maximum Gasteiger partial charge on any atom is 0.407 e. The SMILES string of the molecule is O=C(O)N1CCC(C2=CN3CCCN=C3S2)CC1. The number of likely N-dealkylation sites (tertiary alicyclic amines) is 1. The molecule has 0 radical (unpaired) electrons. The standard InChI is InChI=1S/C12H17N3O2S/c16-12(17)14-6-2-9(3-7-14)10-8-15-5-1-4-13-11(15)18-10/h8-9H,1-7H2,(H,16,17). The number of nitrogens with zero attached hydrogens (tertiary/aromatic N) is 3. The predicted octanol–water partition coefficient (Wildman–Crippen LogP) is 2.03. The van der Waals surface area contributed by atoms with Crippen LogP contribution in [0, 0.1) is 5.92 Å². The Morgan fingerprint density at radius 2 is 2.17 bits per heavy atom. The van der Waals surface area contributed by atoms with E-state index in [9.17, 15) is 4.79 Å². The fourth-order valence-corrected chi connectivity index (χ4v) is 3.85. The summed E-state index contributed by atoms with van der Waals surface area (Å²) in [4.78, 5) is 20.5. The molecule has 1 N–H and O–H groups in total. The van der Waals surface area contributed by atoms with Crippen molar-refractivity contribution < 1.29 is 9.90 Å². The Kier molecular flexibility index (Phi) is 3.20. The van der Waals surface area contributed by atoms with Crippen LogP contribution in [0.25, 0.3) is 0 Å². The highest BCUT2D eigenvalue weighted by atomic mass is 32.2. The van der Waals surface area contributed by atoms with Crippen molar-refractivity contribution in [2.45, 2.75) is 19.3 Å². The molecule has 1 amide bonds. The minimum atomic E-state index is -0.789. The average molecular weight is 267 g/mol. The van der Waals surface area contributed by atoms with E-state index in [0.717, 1.165) is 37.5 Å². The molecule has 98 valence electrons. The normalized spacial score (nSPS) is 24.7. The van der Waals surface area contributed by atoms with Gasteiger partial charge in [-0.15, -0.1) is 0 Å². The fraction of sp³-hybridized carbons (Fsp3) is 0.667. The van der Waals surface area contributed by atoms with Crippen molar-refractivity contribution in [3.63, 3.8) is 0 Å². The first-order chi connectivity index (χ1) is 8.74. The van der Waals surface area contributed by atoms with Gasteiger partial charge in [0.1, 0.15) is 0 Å². The Morgan fingerprint density at radius 3 is 2.83 bits per heavy atom. The number of fused-ring (bicyclic) bond motifs is 1. The maximum absolute atomic E-state index is 10.9. The van der Waals surface area contributed by atoms with Crippen LogP contribution >= 0.6 is 11.8 Å². The largest absolute Gasteiger partial charge is 0.465 e. The number of piperidine rings is 1. The van der Waals surface area contributed by atoms with Crippen LogP contribution in [0.1, 0.15) is 19.3 Å². The third-order valence-corrected chi connectivity index (χ3v) is 4.93. The molecular formula is C12H17N3O2S. The topological polar surface area (TPSA) is 56.1 Å². The van der Waals surface area contributed by atoms with Gasteiger partial charge in [-0.3, -0.25) is 4.99 Å². The number of aliphatic imine (C=N–C) groups is 1. The number of carbonyl (C=O) groups is 1. The molecule has 5 nitrogen and oxygen atoms in total. The van der Waals surface area contributed by atoms with E-state index in [1.165, 1.54) is 9.81 Å². The molecule has 0 aromatic rings. The second-order valence-electron chi connectivity index (χ2n) is 4.89. The quantitative estimate of drug-likeness (QED) is 0.789. The molecule has 18 heavy (non-hydrogen) atoms. The Balaban J connectivity index is 1.62. The van der Waals surface area contributed by atoms with Crippen LogP contribution in [0.5, 0.6) is 0 Å². The van der Waals surface area contributed by atoms with E-state index in [1.807, 2.05) is 0 Å². The van der Waals surface area contributed by atoms with Crippen LogP contribution in [0.3, 0.4) is 0 Å². The number of carboxylic acid groups (broad SMARTS) is 1. The average Bonchev–Trinajstić information content (AvgIpc) is 2.82. The lowest BCUT2D eigenvalue weighted by Crippen LogP contribution is -2.37. The minimum absolute atomic E-state index is 0.513. The van der Waals surface area contributed by atoms with Gasteiger partial charge in [-0.25, -0.2) is 4.79 Å². The van der Waals surface area contributed by atoms with Gasteiger partial charge in [-0.2, -0.15) is 0 Å². The number of amidine groups is 1. The van der Waals surface area contributed by atoms with Crippen molar-refractivity contribution >= 4 is 23.0 Å². The molecule has 3 rings (SSSR count). The maximum atomic E-state index is 10.9. The van der Waals surface area contributed by atoms with Crippen LogP contribution in [-0.2, 0) is 0 Å². The van der Waals surface area contributed by atoms with Gasteiger partial charge in [0.25, 0.3) is 0 Å². The number of amides is 1. The highest BCUT2D eigenvalue weighted by molar-refractivity contribution is 8.17. The van der Waals surface area contributed by atoms with Gasteiger partial charge >= 0.3 is 6.09 Å². The molecule has 0 aliphatic carbocycles. The van der Waals surface area contributed by atoms with E-state index >= 15 is 0 Å². The second kappa shape index (κ2) is 4.84. The van der Waals surface area contributed by atoms with E-state index in [2.05, 4.69) is 16.1 Å². The summed E-state index contributed by atoms with van der Waals surface area (Å²) >= 11 is 1.78. The molecule has 0 spiro atoms. The molecule has 6 heteroatoms. The van der Waals surface area contributed by atoms with Gasteiger partial charge in [0.2, 0.25) is 0 Å². The zero-order valence-corrected chi connectivity index (χ0v) is 11.0. The van der Waals surface area contributed by atoms with Gasteiger partial charge in [0, 0.05) is 37.3 Å². The predicted molar refractivity (Wildman–Crippen MR) is 71.6 cm³/mol. The summed E-state index contributed by atoms with van der Waals surface area (Å²) in [5, 5.41) is 10.1. The van der Waals surface area contributed by atoms with Crippen molar-refractivity contribution in [3.8, 4) is 0 Å². The Bertz CT molecular complexity index is 414. The van der Waals surface area contributed by atoms with E-state index < -0.39 is 6.09 Å². The van der Waals surface area contributed by atoms with Crippen molar-refractivity contribution in [1.29, 1.82) is 0 Å². The van der Waals surface area contributed by atoms with Crippen LogP contribution in [-0.4, -0.2) is 52.3 Å². The van der Waals surface area contributed by atoms with Gasteiger partial charge < -0.3 is 14.9 Å². The third kappa shape index (κ3) is 2.21. The molecule has 0 aromatic heterocycles. The molecule has 3 aliphatic rings. The van der Waals surface area contributed by atoms with Gasteiger partial charge in [-0.1, -0.05) is 11.8 Å². The van der Waals surface area contributed by atoms with Crippen LogP contribution in [0.4, 0.5) is 4.79 Å². The monoisotopic (exact) mass is 267 g/mol. The Morgan fingerprint density at radius 1 is 1.39 bits per heavy atom. The van der Waals surface area contributed by atoms with Crippen molar-refractivity contribution in [1.82, 2.24) is 9.80 Å². The van der Waals surface area contributed by atoms with E-state index in [-0.39, 0.29) is 0 Å². The smallest absolute Gasteiger partial charge is 0.407 e. The number of thioether (sulfide) groups is 1. The molecule has 0 bridgehead atoms. The molecule has 0 aromatic carbocycles. The first-order valence-corrected chi connectivity index (χ1v) is 7.24. The van der Waals surface area contributed by atoms with Crippen LogP contribution in [0.2, 0.25) is 0 Å². The Hall–Kier alpha value is -1.17. The number of hydrogen-bond donors (Lipinski definition) is 1. The molecule has 3 aliphatic heterocycles. The first kappa shape index (κ1) is 11.9. The summed E-state index contributed by atoms with van der Waals surface area (Å²) in [5.74, 6) is 0.513. The molecule has 1 fully saturated rings. The van der Waals surface area contributed by atoms with Crippen LogP contribution in [0.15, 0.2) is 16.1 Å². The van der Waals surface area contributed by atoms with Crippen molar-refractivity contribution in [2.24, 2.45) is 10.9 Å². The van der Waals surface area contributed by atoms with Gasteiger partial charge in [0.05, 0.1) is 0 Å². The molecule has 0 atom stereocenters. The van der Waals surface area contributed by atoms with Crippen LogP contribution < -0.4 is 0 Å². The van der Waals surface area contributed by atoms with E-state index in [4.69, 9.17) is 5.11 Å². The van der Waals surface area contributed by atoms with E-state index in [1.54, 1.807) is 11.8 Å². The molecule has 0 saturated carbocycles. The third-order valence-electron chi connectivity index (χ3n) is 3.71. The minimum Gasteiger partial charge on any atom is -0.465 e. The summed E-state index contributed by atoms with van der Waals surface area (Å²) in [5.41, 5.74) is 0. The second-order valence-corrected chi connectivity index (χ2v) is 5.93. The van der Waals surface area contributed by atoms with Gasteiger partial charge in [0.15, 0.2) is 5.17 Å². The summed E-state index contributed by atoms with van der Waals surface area (Å²) in [6.45, 7) is 3.33. The van der Waals surface area contributed by atoms with E-state index in [0.29, 0.717) is 19.0 Å². The molecule has 3 heterocycles. The molecule has 0 unspecified atom stereocenters. The number of allylic oxidation sites excluding steroid dienone is 1. The van der Waals surface area contributed by atoms with Gasteiger partial charge in [-0.05, 0) is 25.2 Å². The lowest BCUT2D eigenvalue weighted by atomic mass is 9.97. The highest BCUT2D eigenvalue weighted by Crippen LogP contribution is 2.39.